The molecular weight excluding hydrogens is 242 g/mol. The van der Waals surface area contributed by atoms with Gasteiger partial charge in [0.1, 0.15) is 5.60 Å². The van der Waals surface area contributed by atoms with Crippen LogP contribution >= 0.6 is 0 Å². The minimum absolute atomic E-state index is 0.117. The van der Waals surface area contributed by atoms with Gasteiger partial charge in [-0.1, -0.05) is 25.9 Å². The normalized spacial score (nSPS) is 17.5. The first-order chi connectivity index (χ1) is 8.93. The highest BCUT2D eigenvalue weighted by molar-refractivity contribution is 5.01. The summed E-state index contributed by atoms with van der Waals surface area (Å²) < 4.78 is 10.8. The minimum Gasteiger partial charge on any atom is -0.370 e. The molecule has 1 aromatic rings. The fraction of sp³-hybridized carbons (Fsp3) is 0.786. The van der Waals surface area contributed by atoms with Crippen molar-refractivity contribution >= 4 is 0 Å². The molecule has 0 aliphatic carbocycles. The topological polar surface area (TPSA) is 71.9 Å². The molecule has 106 valence electrons. The molecule has 0 bridgehead atoms. The Kier molecular flexibility index (Phi) is 5.07. The van der Waals surface area contributed by atoms with E-state index in [0.29, 0.717) is 24.6 Å². The van der Waals surface area contributed by atoms with Gasteiger partial charge in [0.2, 0.25) is 11.7 Å². The molecule has 0 amide bonds. The predicted molar refractivity (Wildman–Crippen MR) is 71.3 cm³/mol. The molecule has 0 radical (unpaired) electrons. The summed E-state index contributed by atoms with van der Waals surface area (Å²) in [6, 6.07) is 2.22. The van der Waals surface area contributed by atoms with Gasteiger partial charge in [-0.25, -0.2) is 0 Å². The van der Waals surface area contributed by atoms with E-state index in [0.717, 1.165) is 12.8 Å². The van der Waals surface area contributed by atoms with Crippen LogP contribution in [0.25, 0.3) is 0 Å². The Labute approximate surface area is 115 Å². The molecule has 1 rings (SSSR count). The van der Waals surface area contributed by atoms with Crippen LogP contribution in [0, 0.1) is 16.7 Å². The number of aromatic nitrogens is 2. The molecule has 0 spiro atoms. The van der Waals surface area contributed by atoms with E-state index in [4.69, 9.17) is 14.5 Å². The molecule has 0 saturated heterocycles. The third-order valence-corrected chi connectivity index (χ3v) is 4.00. The summed E-state index contributed by atoms with van der Waals surface area (Å²) in [5.41, 5.74) is -0.631. The molecular formula is C14H23N3O2. The number of nitrogens with zero attached hydrogens (tertiary/aromatic N) is 3. The summed E-state index contributed by atoms with van der Waals surface area (Å²) in [5.74, 6) is 1.15. The van der Waals surface area contributed by atoms with Crippen molar-refractivity contribution in [3.63, 3.8) is 0 Å². The maximum absolute atomic E-state index is 8.88. The smallest absolute Gasteiger partial charge is 0.227 e. The first-order valence-corrected chi connectivity index (χ1v) is 6.68. The quantitative estimate of drug-likeness (QED) is 0.757. The minimum atomic E-state index is -0.514. The molecule has 0 aliphatic heterocycles. The Morgan fingerprint density at radius 1 is 1.32 bits per heavy atom. The summed E-state index contributed by atoms with van der Waals surface area (Å²) in [4.78, 5) is 4.43. The van der Waals surface area contributed by atoms with Crippen LogP contribution in [0.5, 0.6) is 0 Å². The summed E-state index contributed by atoms with van der Waals surface area (Å²) in [6.45, 7) is 8.09. The monoisotopic (exact) mass is 265 g/mol. The fourth-order valence-corrected chi connectivity index (χ4v) is 1.80. The number of nitriles is 1. The Morgan fingerprint density at radius 2 is 2.00 bits per heavy atom. The molecule has 2 atom stereocenters. The van der Waals surface area contributed by atoms with E-state index in [1.54, 1.807) is 7.11 Å². The average molecular weight is 265 g/mol. The van der Waals surface area contributed by atoms with Gasteiger partial charge in [-0.05, 0) is 25.2 Å². The number of methoxy groups -OCH3 is 1. The van der Waals surface area contributed by atoms with Gasteiger partial charge in [0.25, 0.3) is 0 Å². The lowest BCUT2D eigenvalue weighted by molar-refractivity contribution is -0.0106. The predicted octanol–water partition coefficient (Wildman–Crippen LogP) is 3.21. The van der Waals surface area contributed by atoms with Crippen molar-refractivity contribution in [2.45, 2.75) is 59.0 Å². The van der Waals surface area contributed by atoms with E-state index in [1.165, 1.54) is 0 Å². The van der Waals surface area contributed by atoms with Gasteiger partial charge in [-0.2, -0.15) is 10.2 Å². The van der Waals surface area contributed by atoms with Gasteiger partial charge >= 0.3 is 0 Å². The van der Waals surface area contributed by atoms with E-state index in [-0.39, 0.29) is 5.41 Å². The third kappa shape index (κ3) is 3.54. The number of hydrogen-bond acceptors (Lipinski definition) is 5. The second-order valence-electron chi connectivity index (χ2n) is 5.48. The van der Waals surface area contributed by atoms with Gasteiger partial charge in [-0.15, -0.1) is 0 Å². The summed E-state index contributed by atoms with van der Waals surface area (Å²) in [7, 11) is 1.64. The standard InChI is InChI=1S/C14H23N3O2/c1-6-13(3,8-9-15)10-11-16-12(17-19-11)14(4,7-2)18-5/h6-8,10H2,1-5H3. The number of ether oxygens (including phenoxy) is 1. The van der Waals surface area contributed by atoms with Crippen molar-refractivity contribution in [1.29, 1.82) is 5.26 Å². The zero-order chi connectivity index (χ0) is 14.5. The zero-order valence-electron chi connectivity index (χ0n) is 12.5. The Bertz CT molecular complexity index is 446. The van der Waals surface area contributed by atoms with Crippen LogP contribution in [-0.4, -0.2) is 17.3 Å². The highest BCUT2D eigenvalue weighted by Gasteiger charge is 2.32. The van der Waals surface area contributed by atoms with Crippen molar-refractivity contribution in [2.24, 2.45) is 5.41 Å². The van der Waals surface area contributed by atoms with Crippen molar-refractivity contribution in [1.82, 2.24) is 10.1 Å². The highest BCUT2D eigenvalue weighted by atomic mass is 16.5. The molecule has 19 heavy (non-hydrogen) atoms. The molecule has 0 fully saturated rings. The van der Waals surface area contributed by atoms with Crippen LogP contribution in [-0.2, 0) is 16.8 Å². The van der Waals surface area contributed by atoms with Crippen molar-refractivity contribution in [3.8, 4) is 6.07 Å². The van der Waals surface area contributed by atoms with Gasteiger partial charge in [-0.3, -0.25) is 0 Å². The van der Waals surface area contributed by atoms with E-state index in [1.807, 2.05) is 13.8 Å². The maximum atomic E-state index is 8.88. The Hall–Kier alpha value is -1.41. The van der Waals surface area contributed by atoms with Crippen molar-refractivity contribution < 1.29 is 9.26 Å². The SMILES string of the molecule is CCC(C)(CC#N)Cc1nc(C(C)(CC)OC)no1. The zero-order valence-corrected chi connectivity index (χ0v) is 12.5. The molecule has 5 heteroatoms. The first-order valence-electron chi connectivity index (χ1n) is 6.68. The molecule has 1 aromatic heterocycles. The van der Waals surface area contributed by atoms with Crippen LogP contribution in [0.1, 0.15) is 58.7 Å². The second kappa shape index (κ2) is 6.16. The molecule has 0 aromatic carbocycles. The van der Waals surface area contributed by atoms with Crippen molar-refractivity contribution in [2.75, 3.05) is 7.11 Å². The molecule has 2 unspecified atom stereocenters. The lowest BCUT2D eigenvalue weighted by Crippen LogP contribution is -2.25. The summed E-state index contributed by atoms with van der Waals surface area (Å²) in [5, 5.41) is 12.9. The lowest BCUT2D eigenvalue weighted by atomic mass is 9.81. The van der Waals surface area contributed by atoms with E-state index in [9.17, 15) is 0 Å². The van der Waals surface area contributed by atoms with E-state index >= 15 is 0 Å². The van der Waals surface area contributed by atoms with E-state index in [2.05, 4.69) is 30.1 Å². The maximum Gasteiger partial charge on any atom is 0.227 e. The van der Waals surface area contributed by atoms with Crippen molar-refractivity contribution in [3.05, 3.63) is 11.7 Å². The third-order valence-electron chi connectivity index (χ3n) is 4.00. The largest absolute Gasteiger partial charge is 0.370 e. The molecule has 0 saturated carbocycles. The Morgan fingerprint density at radius 3 is 2.47 bits per heavy atom. The first kappa shape index (κ1) is 15.6. The lowest BCUT2D eigenvalue weighted by Gasteiger charge is -2.23. The second-order valence-corrected chi connectivity index (χ2v) is 5.48. The van der Waals surface area contributed by atoms with Crippen LogP contribution < -0.4 is 0 Å². The van der Waals surface area contributed by atoms with Crippen LogP contribution in [0.3, 0.4) is 0 Å². The Balaban J connectivity index is 2.89. The highest BCUT2D eigenvalue weighted by Crippen LogP contribution is 2.31. The van der Waals surface area contributed by atoms with Crippen LogP contribution in [0.4, 0.5) is 0 Å². The number of hydrogen-bond donors (Lipinski definition) is 0. The van der Waals surface area contributed by atoms with Crippen LogP contribution in [0.2, 0.25) is 0 Å². The molecule has 0 aliphatic rings. The molecule has 5 nitrogen and oxygen atoms in total. The summed E-state index contributed by atoms with van der Waals surface area (Å²) >= 11 is 0. The van der Waals surface area contributed by atoms with Crippen LogP contribution in [0.15, 0.2) is 4.52 Å². The number of rotatable bonds is 7. The van der Waals surface area contributed by atoms with Gasteiger partial charge < -0.3 is 9.26 Å². The van der Waals surface area contributed by atoms with Gasteiger partial charge in [0, 0.05) is 20.0 Å². The molecule has 1 heterocycles. The van der Waals surface area contributed by atoms with Gasteiger partial charge in [0.05, 0.1) is 6.07 Å². The molecule has 0 N–H and O–H groups in total. The summed E-state index contributed by atoms with van der Waals surface area (Å²) in [6.07, 6.45) is 2.77. The average Bonchev–Trinajstić information content (AvgIpc) is 2.87. The van der Waals surface area contributed by atoms with Gasteiger partial charge in [0.15, 0.2) is 0 Å². The van der Waals surface area contributed by atoms with E-state index < -0.39 is 5.60 Å². The fourth-order valence-electron chi connectivity index (χ4n) is 1.80.